The second-order valence-electron chi connectivity index (χ2n) is 14.8. The highest BCUT2D eigenvalue weighted by molar-refractivity contribution is 7.99. The molecule has 15 nitrogen and oxygen atoms in total. The fourth-order valence-electron chi connectivity index (χ4n) is 7.92. The van der Waals surface area contributed by atoms with Crippen molar-refractivity contribution in [1.82, 2.24) is 25.1 Å². The number of thioether (sulfide) groups is 1. The van der Waals surface area contributed by atoms with Crippen LogP contribution in [0.3, 0.4) is 0 Å². The van der Waals surface area contributed by atoms with Gasteiger partial charge in [-0.25, -0.2) is 4.98 Å². The molecule has 1 atom stereocenters. The molecule has 2 saturated heterocycles. The van der Waals surface area contributed by atoms with Crippen molar-refractivity contribution in [3.63, 3.8) is 0 Å². The van der Waals surface area contributed by atoms with Gasteiger partial charge in [-0.2, -0.15) is 4.98 Å². The summed E-state index contributed by atoms with van der Waals surface area (Å²) in [5.41, 5.74) is 3.86. The molecule has 3 aliphatic rings. The molecule has 1 aromatic heterocycles. The molecular formula is C42H50ClN8O7PS. The summed E-state index contributed by atoms with van der Waals surface area (Å²) in [5, 5.41) is 9.39. The number of anilines is 5. The molecule has 4 heterocycles. The van der Waals surface area contributed by atoms with E-state index in [1.165, 1.54) is 20.4 Å². The number of hydrogen-bond acceptors (Lipinski definition) is 14. The average Bonchev–Trinajstić information content (AvgIpc) is 3.60. The van der Waals surface area contributed by atoms with Crippen molar-refractivity contribution in [2.24, 2.45) is 0 Å². The molecule has 0 spiro atoms. The molecule has 3 N–H and O–H groups in total. The summed E-state index contributed by atoms with van der Waals surface area (Å²) in [6.07, 6.45) is 6.29. The molecule has 7 rings (SSSR count). The van der Waals surface area contributed by atoms with Crippen LogP contribution in [-0.4, -0.2) is 103 Å². The zero-order valence-corrected chi connectivity index (χ0v) is 36.6. The Labute approximate surface area is 359 Å². The van der Waals surface area contributed by atoms with Crippen molar-refractivity contribution in [2.75, 3.05) is 69.3 Å². The number of methoxy groups -OCH3 is 1. The highest BCUT2D eigenvalue weighted by Gasteiger charge is 2.40. The van der Waals surface area contributed by atoms with Crippen molar-refractivity contribution in [3.8, 4) is 5.75 Å². The van der Waals surface area contributed by atoms with Crippen molar-refractivity contribution in [3.05, 3.63) is 83.0 Å². The molecule has 0 aliphatic carbocycles. The molecule has 3 amide bonds. The number of piperidine rings is 2. The van der Waals surface area contributed by atoms with Gasteiger partial charge < -0.3 is 39.1 Å². The van der Waals surface area contributed by atoms with Gasteiger partial charge in [-0.15, -0.1) is 11.8 Å². The quantitative estimate of drug-likeness (QED) is 0.0431. The molecule has 318 valence electrons. The summed E-state index contributed by atoms with van der Waals surface area (Å²) < 4.78 is 29.4. The van der Waals surface area contributed by atoms with Crippen LogP contribution in [0.4, 0.5) is 28.8 Å². The molecule has 0 bridgehead atoms. The van der Waals surface area contributed by atoms with Gasteiger partial charge in [-0.1, -0.05) is 29.8 Å². The SMILES string of the molecule is COc1cc(N2CCC(N(C)CCCCSc3cccc4c3CN(C3CCC(=O)NC3=O)C4=O)CC2)ccc1Nc1ncc(Cl)c(Nc2ccccc2P(=O)(OC)OC)n1. The number of nitrogens with one attached hydrogen (secondary N) is 3. The Morgan fingerprint density at radius 3 is 2.50 bits per heavy atom. The lowest BCUT2D eigenvalue weighted by molar-refractivity contribution is -0.136. The van der Waals surface area contributed by atoms with E-state index in [1.54, 1.807) is 48.0 Å². The monoisotopic (exact) mass is 876 g/mol. The number of hydrogen-bond donors (Lipinski definition) is 3. The largest absolute Gasteiger partial charge is 0.494 e. The zero-order valence-electron chi connectivity index (χ0n) is 34.1. The van der Waals surface area contributed by atoms with Gasteiger partial charge in [0.1, 0.15) is 16.8 Å². The molecular weight excluding hydrogens is 827 g/mol. The number of para-hydroxylation sites is 1. The summed E-state index contributed by atoms with van der Waals surface area (Å²) in [6.45, 7) is 3.24. The fourth-order valence-corrected chi connectivity index (χ4v) is 10.4. The molecule has 18 heteroatoms. The van der Waals surface area contributed by atoms with Crippen molar-refractivity contribution >= 4 is 82.8 Å². The minimum absolute atomic E-state index is 0.138. The van der Waals surface area contributed by atoms with E-state index >= 15 is 0 Å². The van der Waals surface area contributed by atoms with E-state index in [2.05, 4.69) is 54.9 Å². The summed E-state index contributed by atoms with van der Waals surface area (Å²) in [4.78, 5) is 53.8. The number of halogens is 1. The van der Waals surface area contributed by atoms with E-state index in [4.69, 9.17) is 25.4 Å². The molecule has 3 aliphatic heterocycles. The van der Waals surface area contributed by atoms with Gasteiger partial charge in [0.15, 0.2) is 5.82 Å². The van der Waals surface area contributed by atoms with Crippen LogP contribution in [0.15, 0.2) is 71.8 Å². The first-order valence-electron chi connectivity index (χ1n) is 19.9. The van der Waals surface area contributed by atoms with E-state index in [9.17, 15) is 18.9 Å². The summed E-state index contributed by atoms with van der Waals surface area (Å²) in [6, 6.07) is 18.7. The van der Waals surface area contributed by atoms with Gasteiger partial charge in [-0.3, -0.25) is 24.3 Å². The Hall–Kier alpha value is -4.70. The van der Waals surface area contributed by atoms with Crippen molar-refractivity contribution in [2.45, 2.75) is 62.0 Å². The van der Waals surface area contributed by atoms with E-state index in [0.29, 0.717) is 52.8 Å². The van der Waals surface area contributed by atoms with E-state index in [-0.39, 0.29) is 35.1 Å². The smallest absolute Gasteiger partial charge is 0.362 e. The lowest BCUT2D eigenvalue weighted by atomic mass is 10.0. The zero-order chi connectivity index (χ0) is 42.4. The Morgan fingerprint density at radius 2 is 1.75 bits per heavy atom. The molecule has 4 aromatic rings. The highest BCUT2D eigenvalue weighted by Crippen LogP contribution is 2.47. The molecule has 0 saturated carbocycles. The van der Waals surface area contributed by atoms with E-state index in [1.807, 2.05) is 24.3 Å². The summed E-state index contributed by atoms with van der Waals surface area (Å²) in [7, 11) is 2.95. The highest BCUT2D eigenvalue weighted by atomic mass is 35.5. The number of imide groups is 1. The number of carbonyl (C=O) groups excluding carboxylic acids is 3. The standard InChI is InChI=1S/C42H50ClN8O7PS/c1-49(20-7-8-23-60-37-13-9-10-29-30(37)26-51(41(29)54)34-16-17-38(52)47-40(34)53)27-18-21-50(22-19-27)28-14-15-32(35(24-28)56-2)46-42-44-25-31(43)39(48-42)45-33-11-5-6-12-36(33)59(55,57-3)58-4/h5-6,9-15,24-25,27,34H,7-8,16-23,26H2,1-4H3,(H,47,52,53)(H2,44,45,46,48). The maximum Gasteiger partial charge on any atom is 0.362 e. The van der Waals surface area contributed by atoms with Gasteiger partial charge in [0, 0.05) is 68.5 Å². The third-order valence-corrected chi connectivity index (χ3v) is 14.7. The third kappa shape index (κ3) is 9.59. The maximum absolute atomic E-state index is 13.2. The topological polar surface area (TPSA) is 168 Å². The Balaban J connectivity index is 0.879. The Kier molecular flexibility index (Phi) is 14.0. The minimum atomic E-state index is -3.56. The van der Waals surface area contributed by atoms with Crippen LogP contribution in [0, 0.1) is 0 Å². The van der Waals surface area contributed by atoms with E-state index < -0.39 is 13.6 Å². The van der Waals surface area contributed by atoms with E-state index in [0.717, 1.165) is 67.2 Å². The molecule has 1 unspecified atom stereocenters. The number of ether oxygens (including phenoxy) is 1. The Morgan fingerprint density at radius 1 is 0.967 bits per heavy atom. The minimum Gasteiger partial charge on any atom is -0.494 e. The average molecular weight is 877 g/mol. The predicted octanol–water partition coefficient (Wildman–Crippen LogP) is 6.97. The van der Waals surface area contributed by atoms with Gasteiger partial charge in [0.2, 0.25) is 17.8 Å². The van der Waals surface area contributed by atoms with Crippen LogP contribution in [-0.2, 0) is 29.7 Å². The number of unbranched alkanes of at least 4 members (excludes halogenated alkanes) is 1. The van der Waals surface area contributed by atoms with Crippen LogP contribution >= 0.6 is 31.0 Å². The number of nitrogens with zero attached hydrogens (tertiary/aromatic N) is 5. The van der Waals surface area contributed by atoms with Crippen LogP contribution < -0.4 is 30.9 Å². The summed E-state index contributed by atoms with van der Waals surface area (Å²) >= 11 is 8.25. The fraction of sp³-hybridized carbons (Fsp3) is 0.405. The molecule has 0 radical (unpaired) electrons. The number of amides is 3. The molecule has 3 aromatic carbocycles. The van der Waals surface area contributed by atoms with Crippen LogP contribution in [0.1, 0.15) is 54.4 Å². The van der Waals surface area contributed by atoms with Crippen molar-refractivity contribution < 1.29 is 32.7 Å². The number of rotatable bonds is 17. The first-order chi connectivity index (χ1) is 29.0. The number of carbonyl (C=O) groups is 3. The second kappa shape index (κ2) is 19.3. The van der Waals surface area contributed by atoms with Crippen molar-refractivity contribution in [1.29, 1.82) is 0 Å². The van der Waals surface area contributed by atoms with Crippen LogP contribution in [0.25, 0.3) is 0 Å². The lowest BCUT2D eigenvalue weighted by Crippen LogP contribution is -2.52. The number of aromatic nitrogens is 2. The lowest BCUT2D eigenvalue weighted by Gasteiger charge is -2.38. The maximum atomic E-state index is 13.2. The second-order valence-corrected chi connectivity index (χ2v) is 18.6. The normalized spacial score (nSPS) is 17.2. The van der Waals surface area contributed by atoms with Gasteiger partial charge >= 0.3 is 7.60 Å². The molecule has 60 heavy (non-hydrogen) atoms. The van der Waals surface area contributed by atoms with Gasteiger partial charge in [0.25, 0.3) is 5.91 Å². The van der Waals surface area contributed by atoms with Gasteiger partial charge in [0.05, 0.1) is 30.0 Å². The number of fused-ring (bicyclic) bond motifs is 1. The third-order valence-electron chi connectivity index (χ3n) is 11.3. The molecule has 2 fully saturated rings. The number of benzene rings is 3. The summed E-state index contributed by atoms with van der Waals surface area (Å²) in [5.74, 6) is 1.36. The predicted molar refractivity (Wildman–Crippen MR) is 235 cm³/mol. The van der Waals surface area contributed by atoms with Crippen LogP contribution in [0.5, 0.6) is 5.75 Å². The van der Waals surface area contributed by atoms with Crippen LogP contribution in [0.2, 0.25) is 5.02 Å². The van der Waals surface area contributed by atoms with Gasteiger partial charge in [-0.05, 0) is 93.4 Å². The Bertz CT molecular complexity index is 2270. The first-order valence-corrected chi connectivity index (χ1v) is 22.8. The first kappa shape index (κ1) is 43.4.